The second-order valence-corrected chi connectivity index (χ2v) is 21.8. The van der Waals surface area contributed by atoms with Crippen molar-refractivity contribution in [1.29, 1.82) is 5.26 Å². The van der Waals surface area contributed by atoms with Crippen LogP contribution in [-0.4, -0.2) is 173 Å². The van der Waals surface area contributed by atoms with Crippen molar-refractivity contribution >= 4 is 57.4 Å². The Morgan fingerprint density at radius 1 is 0.897 bits per heavy atom. The van der Waals surface area contributed by atoms with Gasteiger partial charge in [0, 0.05) is 118 Å². The molecule has 5 saturated heterocycles. The van der Waals surface area contributed by atoms with E-state index in [2.05, 4.69) is 52.9 Å². The maximum Gasteiger partial charge on any atom is 0.319 e. The molecule has 3 unspecified atom stereocenters. The van der Waals surface area contributed by atoms with Crippen LogP contribution in [-0.2, 0) is 20.9 Å². The fraction of sp³-hybridized carbons (Fsp3) is 0.474. The summed E-state index contributed by atoms with van der Waals surface area (Å²) in [6.45, 7) is 9.47. The minimum atomic E-state index is -0.825. The number of piperidine rings is 2. The molecule has 6 aliphatic heterocycles. The van der Waals surface area contributed by atoms with E-state index in [0.717, 1.165) is 102 Å². The quantitative estimate of drug-likeness (QED) is 0.0601. The second-order valence-electron chi connectivity index (χ2n) is 21.8. The average Bonchev–Trinajstić information content (AvgIpc) is 4.20. The predicted octanol–water partition coefficient (Wildman–Crippen LogP) is 5.15. The predicted molar refractivity (Wildman–Crippen MR) is 284 cm³/mol. The highest BCUT2D eigenvalue weighted by molar-refractivity contribution is 6.06. The van der Waals surface area contributed by atoms with Crippen LogP contribution >= 0.6 is 0 Å². The van der Waals surface area contributed by atoms with Gasteiger partial charge in [-0.3, -0.25) is 29.4 Å². The standard InChI is InChI=1S/C56H59F2N11O6.CH2O2/c1-3-40-43(57)9-4-34-25-39(70)26-42(46(34)40)49-48(58)50-47(53(61-49)74-2)51(67-29-37-5-6-38(30-67)68(37)19-16-59)63-55(62-50)75-32-56(14-15-56)31-65-22-20-64(21-23-65)27-33-12-17-66(18-13-33)36-7-8-41-35(24-36)28-69(54(41)73)44-10-11-45(71)60-52(44)72;2-1-3/h1,4,7-9,24-26,33,37-38,44,70H,5-6,10-15,17-23,27-32H2,2H3,(H,60,71,72);1H,(H,2,3). The first-order valence-corrected chi connectivity index (χ1v) is 26.7. The normalized spacial score (nSPS) is 22.4. The Bertz CT molecular complexity index is 3280. The first-order chi connectivity index (χ1) is 37.8. The van der Waals surface area contributed by atoms with Crippen LogP contribution in [0.4, 0.5) is 20.3 Å². The highest BCUT2D eigenvalue weighted by Crippen LogP contribution is 2.48. The molecule has 3 aromatic carbocycles. The molecule has 406 valence electrons. The Morgan fingerprint density at radius 2 is 1.63 bits per heavy atom. The van der Waals surface area contributed by atoms with E-state index < -0.39 is 23.6 Å². The van der Waals surface area contributed by atoms with Crippen LogP contribution in [0.1, 0.15) is 72.9 Å². The molecule has 1 aliphatic carbocycles. The van der Waals surface area contributed by atoms with Gasteiger partial charge >= 0.3 is 6.01 Å². The highest BCUT2D eigenvalue weighted by atomic mass is 19.1. The molecule has 0 radical (unpaired) electrons. The molecule has 0 spiro atoms. The second kappa shape index (κ2) is 21.6. The summed E-state index contributed by atoms with van der Waals surface area (Å²) in [5.41, 5.74) is 2.21. The number of halogens is 2. The summed E-state index contributed by atoms with van der Waals surface area (Å²) in [5, 5.41) is 30.6. The van der Waals surface area contributed by atoms with E-state index in [-0.39, 0.29) is 93.0 Å². The third-order valence-corrected chi connectivity index (χ3v) is 17.0. The number of aromatic nitrogens is 3. The summed E-state index contributed by atoms with van der Waals surface area (Å²) in [6.07, 6.45) is 12.3. The summed E-state index contributed by atoms with van der Waals surface area (Å²) in [7, 11) is 1.44. The van der Waals surface area contributed by atoms with Gasteiger partial charge in [-0.2, -0.15) is 15.2 Å². The molecule has 7 aliphatic rings. The molecule has 21 heteroatoms. The number of ether oxygens (including phenoxy) is 2. The Hall–Kier alpha value is -7.72. The number of nitrogens with zero attached hydrogens (tertiary/aromatic N) is 10. The number of phenolic OH excluding ortho intramolecular Hbond substituents is 1. The zero-order chi connectivity index (χ0) is 54.4. The molecule has 3 N–H and O–H groups in total. The van der Waals surface area contributed by atoms with Gasteiger partial charge in [-0.25, -0.2) is 13.8 Å². The van der Waals surface area contributed by atoms with Gasteiger partial charge in [-0.05, 0) is 98.2 Å². The van der Waals surface area contributed by atoms with Crippen molar-refractivity contribution in [3.05, 3.63) is 70.8 Å². The number of aromatic hydroxyl groups is 1. The largest absolute Gasteiger partial charge is 0.508 e. The maximum absolute atomic E-state index is 17.5. The van der Waals surface area contributed by atoms with E-state index in [9.17, 15) is 24.8 Å². The molecule has 2 bridgehead atoms. The maximum atomic E-state index is 17.5. The Balaban J connectivity index is 0.00000210. The van der Waals surface area contributed by atoms with Crippen LogP contribution in [0.15, 0.2) is 42.5 Å². The van der Waals surface area contributed by atoms with Crippen molar-refractivity contribution in [2.45, 2.75) is 76.0 Å². The van der Waals surface area contributed by atoms with E-state index >= 15 is 8.78 Å². The number of carbonyl (C=O) groups is 4. The number of nitrogens with one attached hydrogen (secondary N) is 1. The van der Waals surface area contributed by atoms with Crippen LogP contribution in [0.2, 0.25) is 0 Å². The number of piperazine rings is 2. The molecule has 78 heavy (non-hydrogen) atoms. The number of hydrogen-bond acceptors (Lipinski definition) is 16. The lowest BCUT2D eigenvalue weighted by Crippen LogP contribution is -2.54. The first kappa shape index (κ1) is 52.3. The minimum Gasteiger partial charge on any atom is -0.508 e. The van der Waals surface area contributed by atoms with Crippen molar-refractivity contribution in [1.82, 2.24) is 39.9 Å². The number of phenols is 1. The smallest absolute Gasteiger partial charge is 0.319 e. The number of imide groups is 1. The van der Waals surface area contributed by atoms with Crippen LogP contribution in [0.5, 0.6) is 17.6 Å². The van der Waals surface area contributed by atoms with Crippen LogP contribution < -0.4 is 24.6 Å². The third-order valence-electron chi connectivity index (χ3n) is 17.0. The fourth-order valence-corrected chi connectivity index (χ4v) is 12.8. The van der Waals surface area contributed by atoms with Gasteiger partial charge in [-0.15, -0.1) is 6.42 Å². The number of amides is 3. The number of fused-ring (bicyclic) bond motifs is 5. The van der Waals surface area contributed by atoms with E-state index in [1.807, 2.05) is 12.1 Å². The number of carboxylic acid groups (broad SMARTS) is 1. The van der Waals surface area contributed by atoms with E-state index in [1.165, 1.54) is 31.4 Å². The van der Waals surface area contributed by atoms with E-state index in [4.69, 9.17) is 35.8 Å². The van der Waals surface area contributed by atoms with Crippen molar-refractivity contribution < 1.29 is 47.6 Å². The molecule has 3 atom stereocenters. The molecule has 3 amide bonds. The van der Waals surface area contributed by atoms with Crippen LogP contribution in [0.3, 0.4) is 0 Å². The highest BCUT2D eigenvalue weighted by Gasteiger charge is 2.46. The summed E-state index contributed by atoms with van der Waals surface area (Å²) < 4.78 is 45.2. The van der Waals surface area contributed by atoms with E-state index in [0.29, 0.717) is 61.9 Å². The molecule has 19 nitrogen and oxygen atoms in total. The number of methoxy groups -OCH3 is 1. The number of anilines is 2. The number of rotatable bonds is 13. The van der Waals surface area contributed by atoms with Gasteiger partial charge in [0.25, 0.3) is 12.4 Å². The topological polar surface area (TPSA) is 221 Å². The zero-order valence-electron chi connectivity index (χ0n) is 43.4. The Kier molecular flexibility index (Phi) is 14.5. The van der Waals surface area contributed by atoms with Gasteiger partial charge < -0.3 is 44.2 Å². The average molecular weight is 1070 g/mol. The van der Waals surface area contributed by atoms with Crippen molar-refractivity contribution in [2.75, 3.05) is 95.5 Å². The SMILES string of the molecule is C#Cc1c(F)ccc2cc(O)cc(-c3nc(OC)c4c(N5CC6CCC(C5)N6CC#N)nc(OCC5(CN6CCN(CC7CCN(c8ccc9c(c8)CN(C8CCC(=O)NC8=O)C9=O)CC7)CC6)CC5)nc4c3F)c12.O=CO. The lowest BCUT2D eigenvalue weighted by Gasteiger charge is -2.40. The van der Waals surface area contributed by atoms with Gasteiger partial charge in [0.15, 0.2) is 5.82 Å². The Labute approximate surface area is 449 Å². The molecule has 2 aromatic heterocycles. The lowest BCUT2D eigenvalue weighted by molar-refractivity contribution is -0.137. The Morgan fingerprint density at radius 3 is 2.31 bits per heavy atom. The monoisotopic (exact) mass is 1070 g/mol. The molecule has 8 heterocycles. The zero-order valence-corrected chi connectivity index (χ0v) is 43.4. The summed E-state index contributed by atoms with van der Waals surface area (Å²) >= 11 is 0. The fourth-order valence-electron chi connectivity index (χ4n) is 12.8. The van der Waals surface area contributed by atoms with Crippen molar-refractivity contribution in [2.24, 2.45) is 11.3 Å². The van der Waals surface area contributed by atoms with Gasteiger partial charge in [0.1, 0.15) is 40.0 Å². The number of terminal acetylenes is 1. The summed E-state index contributed by atoms with van der Waals surface area (Å²) in [5.74, 6) is 0.926. The van der Waals surface area contributed by atoms with Gasteiger partial charge in [-0.1, -0.05) is 12.0 Å². The number of carbonyl (C=O) groups excluding carboxylic acids is 3. The molecular weight excluding hydrogens is 1000 g/mol. The number of hydrogen-bond donors (Lipinski definition) is 3. The number of nitriles is 1. The lowest BCUT2D eigenvalue weighted by atomic mass is 9.95. The summed E-state index contributed by atoms with van der Waals surface area (Å²) in [6, 6.07) is 13.3. The van der Waals surface area contributed by atoms with Gasteiger partial charge in [0.2, 0.25) is 17.7 Å². The minimum absolute atomic E-state index is 0.0170. The first-order valence-electron chi connectivity index (χ1n) is 26.7. The number of pyridine rings is 1. The van der Waals surface area contributed by atoms with Crippen LogP contribution in [0, 0.1) is 46.6 Å². The molecule has 12 rings (SSSR count). The van der Waals surface area contributed by atoms with E-state index in [1.54, 1.807) is 4.90 Å². The van der Waals surface area contributed by atoms with Crippen molar-refractivity contribution in [3.63, 3.8) is 0 Å². The van der Waals surface area contributed by atoms with Crippen molar-refractivity contribution in [3.8, 4) is 47.3 Å². The van der Waals surface area contributed by atoms with Crippen LogP contribution in [0.25, 0.3) is 32.9 Å². The number of benzene rings is 3. The summed E-state index contributed by atoms with van der Waals surface area (Å²) in [4.78, 5) is 73.7. The molecule has 5 aromatic rings. The molecular formula is C57H61F2N11O8. The molecule has 6 fully saturated rings. The van der Waals surface area contributed by atoms with Gasteiger partial charge in [0.05, 0.1) is 31.9 Å². The molecule has 1 saturated carbocycles. The third kappa shape index (κ3) is 10.1.